The minimum Gasteiger partial charge on any atom is -0.463 e. The Morgan fingerprint density at radius 2 is 2.28 bits per heavy atom. The van der Waals surface area contributed by atoms with Crippen molar-refractivity contribution in [1.29, 1.82) is 0 Å². The Kier molecular flexibility index (Phi) is 10.5. The van der Waals surface area contributed by atoms with Gasteiger partial charge in [-0.15, -0.1) is 6.42 Å². The summed E-state index contributed by atoms with van der Waals surface area (Å²) in [5.74, 6) is 2.09. The lowest BCUT2D eigenvalue weighted by molar-refractivity contribution is -0.138. The Morgan fingerprint density at radius 1 is 1.47 bits per heavy atom. The lowest BCUT2D eigenvalue weighted by Crippen LogP contribution is -2.56. The molecule has 0 bridgehead atoms. The van der Waals surface area contributed by atoms with Crippen LogP contribution in [0.5, 0.6) is 6.01 Å². The largest absolute Gasteiger partial charge is 0.463 e. The average molecular weight is 449 g/mol. The molecule has 11 heteroatoms. The van der Waals surface area contributed by atoms with Crippen molar-refractivity contribution in [2.24, 2.45) is 0 Å². The summed E-state index contributed by atoms with van der Waals surface area (Å²) in [7, 11) is 0. The third-order valence-electron chi connectivity index (χ3n) is 5.04. The zero-order valence-corrected chi connectivity index (χ0v) is 18.7. The third kappa shape index (κ3) is 7.23. The van der Waals surface area contributed by atoms with E-state index in [-0.39, 0.29) is 25.2 Å². The molecule has 0 saturated carbocycles. The molecule has 0 aliphatic carbocycles. The SMILES string of the molecule is C#CCO[C@H](C)[C@H](NC(=O)OCC=C)C(=O)N1CCC[C@H]1Cn1nnnc1OCCCC. The second-order valence-electron chi connectivity index (χ2n) is 7.40. The number of nitrogens with zero attached hydrogens (tertiary/aromatic N) is 5. The molecule has 11 nitrogen and oxygen atoms in total. The molecule has 3 atom stereocenters. The molecule has 1 saturated heterocycles. The highest BCUT2D eigenvalue weighted by Gasteiger charge is 2.37. The minimum absolute atomic E-state index is 0.0147. The first-order chi connectivity index (χ1) is 15.5. The fourth-order valence-electron chi connectivity index (χ4n) is 3.38. The van der Waals surface area contributed by atoms with E-state index in [0.717, 1.165) is 25.7 Å². The number of carbonyl (C=O) groups excluding carboxylic acids is 2. The summed E-state index contributed by atoms with van der Waals surface area (Å²) in [5.41, 5.74) is 0. The number of likely N-dealkylation sites (tertiary alicyclic amines) is 1. The molecule has 1 aromatic heterocycles. The molecular formula is C21H32N6O5. The van der Waals surface area contributed by atoms with Crippen molar-refractivity contribution in [3.8, 4) is 18.4 Å². The molecule has 32 heavy (non-hydrogen) atoms. The molecule has 2 rings (SSSR count). The highest BCUT2D eigenvalue weighted by molar-refractivity contribution is 5.86. The fourth-order valence-corrected chi connectivity index (χ4v) is 3.38. The van der Waals surface area contributed by atoms with E-state index in [1.54, 1.807) is 16.5 Å². The zero-order chi connectivity index (χ0) is 23.3. The minimum atomic E-state index is -0.963. The fraction of sp³-hybridized carbons (Fsp3) is 0.667. The van der Waals surface area contributed by atoms with Crippen LogP contribution in [-0.2, 0) is 20.8 Å². The van der Waals surface area contributed by atoms with Crippen LogP contribution < -0.4 is 10.1 Å². The molecule has 0 unspecified atom stereocenters. The van der Waals surface area contributed by atoms with E-state index in [9.17, 15) is 9.59 Å². The first-order valence-electron chi connectivity index (χ1n) is 10.8. The van der Waals surface area contributed by atoms with Gasteiger partial charge in [0.15, 0.2) is 0 Å². The first kappa shape index (κ1) is 25.1. The van der Waals surface area contributed by atoms with Gasteiger partial charge in [-0.3, -0.25) is 4.79 Å². The number of carbonyl (C=O) groups is 2. The molecule has 1 aliphatic heterocycles. The van der Waals surface area contributed by atoms with E-state index in [1.165, 1.54) is 6.08 Å². The predicted octanol–water partition coefficient (Wildman–Crippen LogP) is 1.16. The molecule has 1 fully saturated rings. The van der Waals surface area contributed by atoms with Gasteiger partial charge >= 0.3 is 12.1 Å². The summed E-state index contributed by atoms with van der Waals surface area (Å²) in [5, 5.41) is 14.2. The molecule has 1 N–H and O–H groups in total. The first-order valence-corrected chi connectivity index (χ1v) is 10.8. The van der Waals surface area contributed by atoms with E-state index in [4.69, 9.17) is 20.6 Å². The number of hydrogen-bond donors (Lipinski definition) is 1. The van der Waals surface area contributed by atoms with Crippen LogP contribution in [0.4, 0.5) is 4.79 Å². The normalized spacial score (nSPS) is 17.3. The van der Waals surface area contributed by atoms with Gasteiger partial charge in [-0.2, -0.15) is 4.68 Å². The molecule has 0 radical (unpaired) electrons. The van der Waals surface area contributed by atoms with Crippen LogP contribution in [0.25, 0.3) is 0 Å². The van der Waals surface area contributed by atoms with E-state index >= 15 is 0 Å². The highest BCUT2D eigenvalue weighted by atomic mass is 16.5. The zero-order valence-electron chi connectivity index (χ0n) is 18.7. The summed E-state index contributed by atoms with van der Waals surface area (Å²) in [6.45, 7) is 8.74. The number of tetrazole rings is 1. The molecular weight excluding hydrogens is 416 g/mol. The Labute approximate surface area is 188 Å². The van der Waals surface area contributed by atoms with Crippen LogP contribution in [0, 0.1) is 12.3 Å². The highest BCUT2D eigenvalue weighted by Crippen LogP contribution is 2.22. The van der Waals surface area contributed by atoms with Crippen molar-refractivity contribution in [2.75, 3.05) is 26.4 Å². The van der Waals surface area contributed by atoms with Gasteiger partial charge in [-0.1, -0.05) is 37.0 Å². The van der Waals surface area contributed by atoms with Crippen molar-refractivity contribution in [1.82, 2.24) is 30.4 Å². The monoisotopic (exact) mass is 448 g/mol. The third-order valence-corrected chi connectivity index (χ3v) is 5.04. The number of amides is 2. The topological polar surface area (TPSA) is 121 Å². The standard InChI is InChI=1S/C21H32N6O5/c1-5-8-14-31-20-23-24-25-27(20)15-17-10-9-11-26(17)19(28)18(16(4)30-12-6-2)22-21(29)32-13-7-3/h2,7,16-18H,3,5,8-15H2,1,4H3,(H,22,29)/t16-,17+,18+/m1/s1. The lowest BCUT2D eigenvalue weighted by atomic mass is 10.1. The summed E-state index contributed by atoms with van der Waals surface area (Å²) < 4.78 is 17.7. The van der Waals surface area contributed by atoms with Crippen molar-refractivity contribution in [3.63, 3.8) is 0 Å². The van der Waals surface area contributed by atoms with Crippen LogP contribution in [0.15, 0.2) is 12.7 Å². The van der Waals surface area contributed by atoms with Gasteiger partial charge in [0, 0.05) is 6.54 Å². The second kappa shape index (κ2) is 13.3. The molecule has 2 amide bonds. The number of terminal acetylenes is 1. The maximum Gasteiger partial charge on any atom is 0.408 e. The predicted molar refractivity (Wildman–Crippen MR) is 116 cm³/mol. The van der Waals surface area contributed by atoms with Crippen molar-refractivity contribution in [2.45, 2.75) is 64.3 Å². The summed E-state index contributed by atoms with van der Waals surface area (Å²) in [4.78, 5) is 27.2. The Balaban J connectivity index is 2.10. The molecule has 2 heterocycles. The van der Waals surface area contributed by atoms with Crippen LogP contribution in [0.1, 0.15) is 39.5 Å². The molecule has 1 aromatic rings. The van der Waals surface area contributed by atoms with Crippen molar-refractivity contribution >= 4 is 12.0 Å². The van der Waals surface area contributed by atoms with E-state index in [0.29, 0.717) is 25.7 Å². The quantitative estimate of drug-likeness (QED) is 0.271. The number of alkyl carbamates (subject to hydrolysis) is 1. The second-order valence-corrected chi connectivity index (χ2v) is 7.40. The number of nitrogens with one attached hydrogen (secondary N) is 1. The van der Waals surface area contributed by atoms with Gasteiger partial charge in [-0.05, 0) is 36.6 Å². The van der Waals surface area contributed by atoms with Gasteiger partial charge in [0.05, 0.1) is 25.3 Å². The Morgan fingerprint density at radius 3 is 3.00 bits per heavy atom. The van der Waals surface area contributed by atoms with Gasteiger partial charge in [0.1, 0.15) is 19.3 Å². The Hall–Kier alpha value is -3.13. The van der Waals surface area contributed by atoms with Crippen molar-refractivity contribution < 1.29 is 23.8 Å². The smallest absolute Gasteiger partial charge is 0.408 e. The number of ether oxygens (including phenoxy) is 3. The van der Waals surface area contributed by atoms with E-state index < -0.39 is 18.2 Å². The Bertz CT molecular complexity index is 792. The van der Waals surface area contributed by atoms with Gasteiger partial charge < -0.3 is 24.4 Å². The average Bonchev–Trinajstić information content (AvgIpc) is 3.44. The number of unbranched alkanes of at least 4 members (excludes halogenated alkanes) is 1. The van der Waals surface area contributed by atoms with Gasteiger partial charge in [0.25, 0.3) is 0 Å². The molecule has 176 valence electrons. The van der Waals surface area contributed by atoms with Crippen LogP contribution >= 0.6 is 0 Å². The maximum absolute atomic E-state index is 13.4. The maximum atomic E-state index is 13.4. The number of aromatic nitrogens is 4. The van der Waals surface area contributed by atoms with E-state index in [2.05, 4.69) is 40.3 Å². The number of hydrogen-bond acceptors (Lipinski definition) is 8. The number of rotatable bonds is 13. The summed E-state index contributed by atoms with van der Waals surface area (Å²) >= 11 is 0. The van der Waals surface area contributed by atoms with Crippen LogP contribution in [0.3, 0.4) is 0 Å². The van der Waals surface area contributed by atoms with Gasteiger partial charge in [-0.25, -0.2) is 4.79 Å². The van der Waals surface area contributed by atoms with Crippen LogP contribution in [0.2, 0.25) is 0 Å². The summed E-state index contributed by atoms with van der Waals surface area (Å²) in [6.07, 6.45) is 8.80. The van der Waals surface area contributed by atoms with E-state index in [1.807, 2.05) is 0 Å². The van der Waals surface area contributed by atoms with Gasteiger partial charge in [0.2, 0.25) is 5.91 Å². The molecule has 0 aromatic carbocycles. The lowest BCUT2D eigenvalue weighted by Gasteiger charge is -2.31. The molecule has 1 aliphatic rings. The summed E-state index contributed by atoms with van der Waals surface area (Å²) in [6, 6.07) is -0.797. The van der Waals surface area contributed by atoms with Crippen LogP contribution in [-0.4, -0.2) is 81.7 Å². The molecule has 0 spiro atoms. The van der Waals surface area contributed by atoms with Crippen molar-refractivity contribution in [3.05, 3.63) is 12.7 Å².